The van der Waals surface area contributed by atoms with Gasteiger partial charge in [0.1, 0.15) is 0 Å². The smallest absolute Gasteiger partial charge is 0.314 e. The SMILES string of the molecule is N#Cc1ccc(NC(=O)C(=O)Nc2cc(S(=O)(=O)N3CCOCC3)ccc2Cl)cc1. The molecule has 0 aromatic heterocycles. The summed E-state index contributed by atoms with van der Waals surface area (Å²) in [6.07, 6.45) is 0. The highest BCUT2D eigenvalue weighted by molar-refractivity contribution is 7.89. The fraction of sp³-hybridized carbons (Fsp3) is 0.211. The van der Waals surface area contributed by atoms with Crippen molar-refractivity contribution >= 4 is 44.8 Å². The lowest BCUT2D eigenvalue weighted by molar-refractivity contribution is -0.132. The molecule has 1 aliphatic rings. The normalized spacial score (nSPS) is 14.5. The molecule has 0 spiro atoms. The van der Waals surface area contributed by atoms with Crippen molar-refractivity contribution in [2.75, 3.05) is 36.9 Å². The van der Waals surface area contributed by atoms with Crippen LogP contribution in [0.1, 0.15) is 5.56 Å². The Morgan fingerprint density at radius 1 is 1.03 bits per heavy atom. The Hall–Kier alpha value is -2.97. The van der Waals surface area contributed by atoms with E-state index in [2.05, 4.69) is 10.6 Å². The van der Waals surface area contributed by atoms with Crippen LogP contribution in [-0.2, 0) is 24.3 Å². The Bertz CT molecular complexity index is 1110. The minimum absolute atomic E-state index is 0.00835. The van der Waals surface area contributed by atoms with Gasteiger partial charge in [-0.15, -0.1) is 0 Å². The molecule has 3 rings (SSSR count). The fourth-order valence-electron chi connectivity index (χ4n) is 2.69. The van der Waals surface area contributed by atoms with Crippen molar-refractivity contribution < 1.29 is 22.7 Å². The number of carbonyl (C=O) groups excluding carboxylic acids is 2. The fourth-order valence-corrected chi connectivity index (χ4v) is 4.29. The highest BCUT2D eigenvalue weighted by Crippen LogP contribution is 2.27. The third-order valence-electron chi connectivity index (χ3n) is 4.27. The summed E-state index contributed by atoms with van der Waals surface area (Å²) in [6.45, 7) is 1.04. The molecule has 0 radical (unpaired) electrons. The summed E-state index contributed by atoms with van der Waals surface area (Å²) in [5.74, 6) is -2.00. The third kappa shape index (κ3) is 4.95. The number of sulfonamides is 1. The van der Waals surface area contributed by atoms with E-state index in [9.17, 15) is 18.0 Å². The molecule has 2 aromatic carbocycles. The number of nitrogens with zero attached hydrogens (tertiary/aromatic N) is 2. The zero-order valence-corrected chi connectivity index (χ0v) is 17.2. The monoisotopic (exact) mass is 448 g/mol. The number of rotatable bonds is 4. The van der Waals surface area contributed by atoms with Gasteiger partial charge in [0.25, 0.3) is 0 Å². The predicted molar refractivity (Wildman–Crippen MR) is 109 cm³/mol. The second-order valence-corrected chi connectivity index (χ2v) is 8.60. The van der Waals surface area contributed by atoms with Crippen LogP contribution in [-0.4, -0.2) is 50.8 Å². The van der Waals surface area contributed by atoms with E-state index in [1.165, 1.54) is 46.8 Å². The minimum atomic E-state index is -3.80. The van der Waals surface area contributed by atoms with E-state index >= 15 is 0 Å². The Kier molecular flexibility index (Phi) is 6.69. The van der Waals surface area contributed by atoms with Crippen LogP contribution >= 0.6 is 11.6 Å². The number of amides is 2. The summed E-state index contributed by atoms with van der Waals surface area (Å²) in [5.41, 5.74) is 0.720. The molecular formula is C19H17ClN4O5S. The Morgan fingerprint density at radius 2 is 1.67 bits per heavy atom. The van der Waals surface area contributed by atoms with Gasteiger partial charge in [-0.1, -0.05) is 11.6 Å². The molecule has 2 amide bonds. The summed E-state index contributed by atoms with van der Waals surface area (Å²) in [6, 6.07) is 11.8. The first kappa shape index (κ1) is 21.7. The van der Waals surface area contributed by atoms with Crippen molar-refractivity contribution in [2.24, 2.45) is 0 Å². The number of nitriles is 1. The van der Waals surface area contributed by atoms with Crippen molar-refractivity contribution in [3.63, 3.8) is 0 Å². The Morgan fingerprint density at radius 3 is 2.30 bits per heavy atom. The molecule has 2 aromatic rings. The zero-order valence-electron chi connectivity index (χ0n) is 15.6. The van der Waals surface area contributed by atoms with Crippen LogP contribution in [0.4, 0.5) is 11.4 Å². The Balaban J connectivity index is 1.73. The average Bonchev–Trinajstić information content (AvgIpc) is 2.76. The number of carbonyl (C=O) groups is 2. The summed E-state index contributed by atoms with van der Waals surface area (Å²) in [4.78, 5) is 24.3. The van der Waals surface area contributed by atoms with Crippen LogP contribution in [0.25, 0.3) is 0 Å². The van der Waals surface area contributed by atoms with Crippen molar-refractivity contribution in [3.05, 3.63) is 53.1 Å². The van der Waals surface area contributed by atoms with Gasteiger partial charge in [0.2, 0.25) is 10.0 Å². The van der Waals surface area contributed by atoms with Crippen molar-refractivity contribution in [1.82, 2.24) is 4.31 Å². The molecule has 1 aliphatic heterocycles. The molecule has 9 nitrogen and oxygen atoms in total. The van der Waals surface area contributed by atoms with Crippen molar-refractivity contribution in [2.45, 2.75) is 4.90 Å². The van der Waals surface area contributed by atoms with Crippen molar-refractivity contribution in [3.8, 4) is 6.07 Å². The largest absolute Gasteiger partial charge is 0.379 e. The number of anilines is 2. The first-order valence-electron chi connectivity index (χ1n) is 8.81. The molecule has 156 valence electrons. The van der Waals surface area contributed by atoms with Gasteiger partial charge in [0.05, 0.1) is 40.5 Å². The van der Waals surface area contributed by atoms with Gasteiger partial charge in [-0.05, 0) is 42.5 Å². The highest BCUT2D eigenvalue weighted by Gasteiger charge is 2.27. The molecule has 0 unspecified atom stereocenters. The number of halogens is 1. The maximum absolute atomic E-state index is 12.8. The number of nitrogens with one attached hydrogen (secondary N) is 2. The summed E-state index contributed by atoms with van der Waals surface area (Å²) in [7, 11) is -3.80. The molecule has 30 heavy (non-hydrogen) atoms. The van der Waals surface area contributed by atoms with Crippen LogP contribution in [0.3, 0.4) is 0 Å². The van der Waals surface area contributed by atoms with Gasteiger partial charge in [-0.3, -0.25) is 9.59 Å². The summed E-state index contributed by atoms with van der Waals surface area (Å²) in [5, 5.41) is 13.6. The van der Waals surface area contributed by atoms with Gasteiger partial charge >= 0.3 is 11.8 Å². The van der Waals surface area contributed by atoms with Crippen molar-refractivity contribution in [1.29, 1.82) is 5.26 Å². The van der Waals surface area contributed by atoms with E-state index in [1.54, 1.807) is 0 Å². The molecule has 2 N–H and O–H groups in total. The average molecular weight is 449 g/mol. The summed E-state index contributed by atoms with van der Waals surface area (Å²) >= 11 is 6.07. The number of hydrogen-bond acceptors (Lipinski definition) is 6. The molecule has 0 saturated carbocycles. The van der Waals surface area contributed by atoms with Gasteiger partial charge in [-0.25, -0.2) is 8.42 Å². The van der Waals surface area contributed by atoms with Gasteiger partial charge in [0, 0.05) is 18.8 Å². The van der Waals surface area contributed by atoms with Gasteiger partial charge < -0.3 is 15.4 Å². The van der Waals surface area contributed by atoms with Crippen LogP contribution in [0.15, 0.2) is 47.4 Å². The topological polar surface area (TPSA) is 129 Å². The molecule has 0 bridgehead atoms. The van der Waals surface area contributed by atoms with E-state index in [0.29, 0.717) is 24.5 Å². The maximum atomic E-state index is 12.8. The molecule has 0 atom stereocenters. The van der Waals surface area contributed by atoms with E-state index in [1.807, 2.05) is 6.07 Å². The lowest BCUT2D eigenvalue weighted by Crippen LogP contribution is -2.40. The molecule has 0 aliphatic carbocycles. The molecule has 1 fully saturated rings. The zero-order chi connectivity index (χ0) is 21.7. The number of hydrogen-bond donors (Lipinski definition) is 2. The first-order chi connectivity index (χ1) is 14.3. The van der Waals surface area contributed by atoms with E-state index in [0.717, 1.165) is 0 Å². The quantitative estimate of drug-likeness (QED) is 0.686. The standard InChI is InChI=1S/C19H17ClN4O5S/c20-16-6-5-15(30(27,28)24-7-9-29-10-8-24)11-17(16)23-19(26)18(25)22-14-3-1-13(12-21)2-4-14/h1-6,11H,7-10H2,(H,22,25)(H,23,26). The van der Waals surface area contributed by atoms with Gasteiger partial charge in [0.15, 0.2) is 0 Å². The first-order valence-corrected chi connectivity index (χ1v) is 10.6. The second kappa shape index (κ2) is 9.23. The van der Waals surface area contributed by atoms with Crippen LogP contribution in [0.5, 0.6) is 0 Å². The number of morpholine rings is 1. The number of ether oxygens (including phenoxy) is 1. The maximum Gasteiger partial charge on any atom is 0.314 e. The minimum Gasteiger partial charge on any atom is -0.379 e. The molecule has 1 saturated heterocycles. The predicted octanol–water partition coefficient (Wildman–Crippen LogP) is 1.81. The van der Waals surface area contributed by atoms with Crippen LogP contribution in [0, 0.1) is 11.3 Å². The van der Waals surface area contributed by atoms with Crippen LogP contribution in [0.2, 0.25) is 5.02 Å². The summed E-state index contributed by atoms with van der Waals surface area (Å²) < 4.78 is 32.0. The second-order valence-electron chi connectivity index (χ2n) is 6.26. The molecular weight excluding hydrogens is 432 g/mol. The highest BCUT2D eigenvalue weighted by atomic mass is 35.5. The Labute approximate surface area is 178 Å². The van der Waals surface area contributed by atoms with Crippen LogP contribution < -0.4 is 10.6 Å². The molecule has 1 heterocycles. The third-order valence-corrected chi connectivity index (χ3v) is 6.50. The van der Waals surface area contributed by atoms with E-state index in [4.69, 9.17) is 21.6 Å². The van der Waals surface area contributed by atoms with Gasteiger partial charge in [-0.2, -0.15) is 9.57 Å². The van der Waals surface area contributed by atoms with E-state index in [-0.39, 0.29) is 28.7 Å². The van der Waals surface area contributed by atoms with E-state index < -0.39 is 21.8 Å². The lowest BCUT2D eigenvalue weighted by atomic mass is 10.2. The molecule has 11 heteroatoms. The number of benzene rings is 2. The lowest BCUT2D eigenvalue weighted by Gasteiger charge is -2.26.